The number of amides is 2. The zero-order valence-electron chi connectivity index (χ0n) is 16.2. The Balaban J connectivity index is 1.59. The summed E-state index contributed by atoms with van der Waals surface area (Å²) in [7, 11) is -3.74. The van der Waals surface area contributed by atoms with Gasteiger partial charge in [-0.15, -0.1) is 0 Å². The summed E-state index contributed by atoms with van der Waals surface area (Å²) < 4.78 is 26.5. The molecule has 2 saturated heterocycles. The molecule has 2 heterocycles. The smallest absolute Gasteiger partial charge is 0.251 e. The predicted octanol–water partition coefficient (Wildman–Crippen LogP) is 0.411. The number of sulfonamides is 1. The monoisotopic (exact) mass is 408 g/mol. The van der Waals surface area contributed by atoms with Crippen LogP contribution in [0.3, 0.4) is 0 Å². The Kier molecular flexibility index (Phi) is 6.69. The molecule has 0 atom stereocenters. The van der Waals surface area contributed by atoms with Gasteiger partial charge in [0.25, 0.3) is 5.91 Å². The molecular formula is C19H28N4O4S. The molecule has 0 spiro atoms. The van der Waals surface area contributed by atoms with Gasteiger partial charge >= 0.3 is 0 Å². The lowest BCUT2D eigenvalue weighted by Gasteiger charge is -2.32. The molecule has 0 saturated carbocycles. The molecular weight excluding hydrogens is 380 g/mol. The third-order valence-corrected chi connectivity index (χ3v) is 7.08. The van der Waals surface area contributed by atoms with Gasteiger partial charge < -0.3 is 15.5 Å². The van der Waals surface area contributed by atoms with Crippen LogP contribution in [0, 0.1) is 0 Å². The number of nitrogens with one attached hydrogen (secondary N) is 2. The normalized spacial score (nSPS) is 20.0. The van der Waals surface area contributed by atoms with Crippen molar-refractivity contribution in [3.8, 4) is 0 Å². The Morgan fingerprint density at radius 1 is 1.18 bits per heavy atom. The first kappa shape index (κ1) is 20.8. The molecule has 8 nitrogen and oxygen atoms in total. The number of piperazine rings is 1. The fraction of sp³-hybridized carbons (Fsp3) is 0.579. The molecule has 1 aromatic carbocycles. The van der Waals surface area contributed by atoms with Crippen molar-refractivity contribution in [2.75, 3.05) is 39.3 Å². The Hall–Kier alpha value is -1.97. The first-order valence-corrected chi connectivity index (χ1v) is 11.2. The maximum Gasteiger partial charge on any atom is 0.251 e. The van der Waals surface area contributed by atoms with E-state index in [2.05, 4.69) is 22.5 Å². The van der Waals surface area contributed by atoms with Crippen LogP contribution in [0.1, 0.15) is 36.5 Å². The summed E-state index contributed by atoms with van der Waals surface area (Å²) >= 11 is 0. The van der Waals surface area contributed by atoms with Gasteiger partial charge in [-0.1, -0.05) is 6.92 Å². The van der Waals surface area contributed by atoms with Gasteiger partial charge in [0.1, 0.15) is 0 Å². The van der Waals surface area contributed by atoms with Crippen molar-refractivity contribution in [2.24, 2.45) is 0 Å². The molecule has 2 amide bonds. The molecule has 0 bridgehead atoms. The average Bonchev–Trinajstić information content (AvgIpc) is 2.70. The Bertz CT molecular complexity index is 802. The van der Waals surface area contributed by atoms with Crippen molar-refractivity contribution >= 4 is 21.8 Å². The summed E-state index contributed by atoms with van der Waals surface area (Å²) in [6.07, 6.45) is 2.98. The fourth-order valence-corrected chi connectivity index (χ4v) is 5.03. The molecule has 2 fully saturated rings. The van der Waals surface area contributed by atoms with Crippen molar-refractivity contribution in [3.63, 3.8) is 0 Å². The van der Waals surface area contributed by atoms with E-state index in [-0.39, 0.29) is 35.8 Å². The number of hydrogen-bond donors (Lipinski definition) is 2. The molecule has 2 aliphatic rings. The largest absolute Gasteiger partial charge is 0.354 e. The van der Waals surface area contributed by atoms with Gasteiger partial charge in [0, 0.05) is 37.8 Å². The average molecular weight is 409 g/mol. The van der Waals surface area contributed by atoms with Crippen LogP contribution in [0.25, 0.3) is 0 Å². The maximum absolute atomic E-state index is 12.7. The van der Waals surface area contributed by atoms with Crippen molar-refractivity contribution in [1.29, 1.82) is 0 Å². The third-order valence-electron chi connectivity index (χ3n) is 5.22. The molecule has 2 aliphatic heterocycles. The number of nitrogens with zero attached hydrogens (tertiary/aromatic N) is 2. The lowest BCUT2D eigenvalue weighted by atomic mass is 10.0. The summed E-state index contributed by atoms with van der Waals surface area (Å²) in [6, 6.07) is 6.06. The second kappa shape index (κ2) is 9.02. The molecule has 0 aromatic heterocycles. The standard InChI is InChI=1S/C19H28N4O4S/c1-2-10-22-11-7-16(8-12-22)21-19(25)15-3-5-17(6-4-15)28(26,27)23-13-9-20-18(24)14-23/h3-6,16H,2,7-14H2,1H3,(H,20,24)(H,21,25). The summed E-state index contributed by atoms with van der Waals surface area (Å²) in [5.41, 5.74) is 0.436. The van der Waals surface area contributed by atoms with E-state index in [0.717, 1.165) is 43.2 Å². The highest BCUT2D eigenvalue weighted by Gasteiger charge is 2.29. The minimum Gasteiger partial charge on any atom is -0.354 e. The van der Waals surface area contributed by atoms with Crippen molar-refractivity contribution in [1.82, 2.24) is 19.8 Å². The Morgan fingerprint density at radius 3 is 2.46 bits per heavy atom. The van der Waals surface area contributed by atoms with Crippen molar-refractivity contribution < 1.29 is 18.0 Å². The summed E-state index contributed by atoms with van der Waals surface area (Å²) in [5.74, 6) is -0.494. The van der Waals surface area contributed by atoms with Gasteiger partial charge in [-0.3, -0.25) is 9.59 Å². The van der Waals surface area contributed by atoms with Crippen molar-refractivity contribution in [3.05, 3.63) is 29.8 Å². The number of hydrogen-bond acceptors (Lipinski definition) is 5. The Labute approximate surface area is 166 Å². The molecule has 0 unspecified atom stereocenters. The third kappa shape index (κ3) is 4.89. The fourth-order valence-electron chi connectivity index (χ4n) is 3.63. The van der Waals surface area contributed by atoms with Gasteiger partial charge in [0.05, 0.1) is 11.4 Å². The number of benzene rings is 1. The summed E-state index contributed by atoms with van der Waals surface area (Å²) in [6.45, 7) is 5.59. The highest BCUT2D eigenvalue weighted by atomic mass is 32.2. The van der Waals surface area contributed by atoms with E-state index in [1.165, 1.54) is 24.3 Å². The van der Waals surface area contributed by atoms with Crippen LogP contribution >= 0.6 is 0 Å². The minimum atomic E-state index is -3.74. The number of piperidine rings is 1. The molecule has 1 aromatic rings. The van der Waals surface area contributed by atoms with Gasteiger partial charge in [0.15, 0.2) is 0 Å². The molecule has 9 heteroatoms. The van der Waals surface area contributed by atoms with Gasteiger partial charge in [-0.05, 0) is 50.1 Å². The van der Waals surface area contributed by atoms with Crippen LogP contribution in [0.2, 0.25) is 0 Å². The van der Waals surface area contributed by atoms with Crippen LogP contribution in [0.15, 0.2) is 29.2 Å². The highest BCUT2D eigenvalue weighted by Crippen LogP contribution is 2.18. The second-order valence-corrected chi connectivity index (χ2v) is 9.24. The van der Waals surface area contributed by atoms with Crippen LogP contribution < -0.4 is 10.6 Å². The molecule has 154 valence electrons. The lowest BCUT2D eigenvalue weighted by Crippen LogP contribution is -2.49. The van der Waals surface area contributed by atoms with Gasteiger partial charge in [-0.2, -0.15) is 4.31 Å². The Morgan fingerprint density at radius 2 is 1.86 bits per heavy atom. The quantitative estimate of drug-likeness (QED) is 0.710. The zero-order chi connectivity index (χ0) is 20.1. The van der Waals surface area contributed by atoms with Gasteiger partial charge in [0.2, 0.25) is 15.9 Å². The SMILES string of the molecule is CCCN1CCC(NC(=O)c2ccc(S(=O)(=O)N3CCNC(=O)C3)cc2)CC1. The summed E-state index contributed by atoms with van der Waals surface area (Å²) in [4.78, 5) is 26.5. The van der Waals surface area contributed by atoms with E-state index in [1.54, 1.807) is 0 Å². The second-order valence-electron chi connectivity index (χ2n) is 7.30. The maximum atomic E-state index is 12.7. The predicted molar refractivity (Wildman–Crippen MR) is 105 cm³/mol. The van der Waals surface area contributed by atoms with E-state index in [4.69, 9.17) is 0 Å². The summed E-state index contributed by atoms with van der Waals surface area (Å²) in [5, 5.41) is 5.65. The molecule has 3 rings (SSSR count). The van der Waals surface area contributed by atoms with E-state index >= 15 is 0 Å². The number of carbonyl (C=O) groups excluding carboxylic acids is 2. The lowest BCUT2D eigenvalue weighted by molar-refractivity contribution is -0.122. The number of carbonyl (C=O) groups is 2. The number of rotatable bonds is 6. The van der Waals surface area contributed by atoms with Crippen molar-refractivity contribution in [2.45, 2.75) is 37.1 Å². The topological polar surface area (TPSA) is 98.8 Å². The van der Waals surface area contributed by atoms with E-state index in [9.17, 15) is 18.0 Å². The number of likely N-dealkylation sites (tertiary alicyclic amines) is 1. The van der Waals surface area contributed by atoms with E-state index in [1.807, 2.05) is 0 Å². The van der Waals surface area contributed by atoms with E-state index < -0.39 is 10.0 Å². The molecule has 0 aliphatic carbocycles. The first-order valence-electron chi connectivity index (χ1n) is 9.80. The van der Waals surface area contributed by atoms with Crippen LogP contribution in [0.5, 0.6) is 0 Å². The molecule has 28 heavy (non-hydrogen) atoms. The first-order chi connectivity index (χ1) is 13.4. The van der Waals surface area contributed by atoms with Crippen LogP contribution in [-0.4, -0.2) is 74.7 Å². The highest BCUT2D eigenvalue weighted by molar-refractivity contribution is 7.89. The van der Waals surface area contributed by atoms with E-state index in [0.29, 0.717) is 12.1 Å². The van der Waals surface area contributed by atoms with Gasteiger partial charge in [-0.25, -0.2) is 8.42 Å². The molecule has 2 N–H and O–H groups in total. The van der Waals surface area contributed by atoms with Crippen LogP contribution in [-0.2, 0) is 14.8 Å². The van der Waals surface area contributed by atoms with Crippen LogP contribution in [0.4, 0.5) is 0 Å². The molecule has 0 radical (unpaired) electrons. The zero-order valence-corrected chi connectivity index (χ0v) is 17.0. The minimum absolute atomic E-state index is 0.0895.